The zero-order chi connectivity index (χ0) is 27.7. The van der Waals surface area contributed by atoms with E-state index in [0.29, 0.717) is 33.7 Å². The first kappa shape index (κ1) is 25.7. The Bertz CT molecular complexity index is 1640. The van der Waals surface area contributed by atoms with Crippen LogP contribution in [0.2, 0.25) is 0 Å². The SMILES string of the molecule is Cc1cccc(C)c1NC(=O)c1ccc(Nc2nc(-c3ccc(OC(F)(F)F)cc3)c3ncn(C)c3n2)cc1. The van der Waals surface area contributed by atoms with Crippen LogP contribution in [0.4, 0.5) is 30.5 Å². The van der Waals surface area contributed by atoms with Gasteiger partial charge >= 0.3 is 6.36 Å². The molecule has 0 aliphatic rings. The van der Waals surface area contributed by atoms with Gasteiger partial charge in [0.2, 0.25) is 5.95 Å². The number of carbonyl (C=O) groups is 1. The Hall–Kier alpha value is -4.93. The normalized spacial score (nSPS) is 11.4. The zero-order valence-electron chi connectivity index (χ0n) is 21.2. The molecule has 0 saturated carbocycles. The maximum atomic E-state index is 12.8. The molecule has 0 radical (unpaired) electrons. The number of benzene rings is 3. The predicted molar refractivity (Wildman–Crippen MR) is 142 cm³/mol. The second-order valence-corrected chi connectivity index (χ2v) is 8.92. The van der Waals surface area contributed by atoms with Crippen LogP contribution in [0.25, 0.3) is 22.4 Å². The minimum atomic E-state index is -4.78. The van der Waals surface area contributed by atoms with Crippen molar-refractivity contribution >= 4 is 34.4 Å². The molecule has 0 saturated heterocycles. The van der Waals surface area contributed by atoms with E-state index in [1.807, 2.05) is 32.0 Å². The van der Waals surface area contributed by atoms with Gasteiger partial charge in [0.15, 0.2) is 5.65 Å². The van der Waals surface area contributed by atoms with Gasteiger partial charge in [-0.25, -0.2) is 9.97 Å². The molecule has 5 aromatic rings. The van der Waals surface area contributed by atoms with Gasteiger partial charge in [-0.2, -0.15) is 4.98 Å². The number of imidazole rings is 1. The van der Waals surface area contributed by atoms with Gasteiger partial charge in [0, 0.05) is 29.5 Å². The van der Waals surface area contributed by atoms with Gasteiger partial charge in [-0.3, -0.25) is 4.79 Å². The standard InChI is InChI=1S/C28H23F3N6O2/c1-16-5-4-6-17(2)22(16)34-26(38)19-7-11-20(12-8-19)33-27-35-23(24-25(36-27)37(3)15-32-24)18-9-13-21(14-10-18)39-28(29,30)31/h4-15H,1-3H3,(H,34,38)(H,33,35,36). The van der Waals surface area contributed by atoms with Crippen LogP contribution in [0, 0.1) is 13.8 Å². The number of aromatic nitrogens is 4. The highest BCUT2D eigenvalue weighted by Gasteiger charge is 2.31. The molecule has 1 amide bonds. The molecule has 0 spiro atoms. The number of hydrogen-bond acceptors (Lipinski definition) is 6. The lowest BCUT2D eigenvalue weighted by molar-refractivity contribution is -0.274. The fraction of sp³-hybridized carbons (Fsp3) is 0.143. The highest BCUT2D eigenvalue weighted by atomic mass is 19.4. The molecular formula is C28H23F3N6O2. The minimum absolute atomic E-state index is 0.230. The summed E-state index contributed by atoms with van der Waals surface area (Å²) in [5.74, 6) is -0.311. The average Bonchev–Trinajstić information content (AvgIpc) is 3.26. The number of alkyl halides is 3. The van der Waals surface area contributed by atoms with Gasteiger partial charge in [-0.1, -0.05) is 18.2 Å². The summed E-state index contributed by atoms with van der Waals surface area (Å²) in [5, 5.41) is 6.10. The number of aryl methyl sites for hydroxylation is 3. The summed E-state index contributed by atoms with van der Waals surface area (Å²) in [6.45, 7) is 3.88. The summed E-state index contributed by atoms with van der Waals surface area (Å²) >= 11 is 0. The second-order valence-electron chi connectivity index (χ2n) is 8.92. The molecule has 5 rings (SSSR count). The number of hydrogen-bond donors (Lipinski definition) is 2. The van der Waals surface area contributed by atoms with E-state index in [2.05, 4.69) is 30.3 Å². The van der Waals surface area contributed by atoms with E-state index in [9.17, 15) is 18.0 Å². The number of fused-ring (bicyclic) bond motifs is 1. The highest BCUT2D eigenvalue weighted by molar-refractivity contribution is 6.05. The number of amides is 1. The van der Waals surface area contributed by atoms with Crippen molar-refractivity contribution < 1.29 is 22.7 Å². The maximum absolute atomic E-state index is 12.8. The van der Waals surface area contributed by atoms with Gasteiger partial charge in [-0.15, -0.1) is 13.2 Å². The summed E-state index contributed by atoms with van der Waals surface area (Å²) < 4.78 is 43.3. The topological polar surface area (TPSA) is 94.0 Å². The van der Waals surface area contributed by atoms with Crippen molar-refractivity contribution in [3.8, 4) is 17.0 Å². The van der Waals surface area contributed by atoms with Crippen LogP contribution in [0.5, 0.6) is 5.75 Å². The molecule has 198 valence electrons. The van der Waals surface area contributed by atoms with Crippen LogP contribution in [0.1, 0.15) is 21.5 Å². The van der Waals surface area contributed by atoms with E-state index in [0.717, 1.165) is 16.8 Å². The first-order chi connectivity index (χ1) is 18.6. The first-order valence-corrected chi connectivity index (χ1v) is 11.9. The van der Waals surface area contributed by atoms with Crippen LogP contribution < -0.4 is 15.4 Å². The largest absolute Gasteiger partial charge is 0.573 e. The van der Waals surface area contributed by atoms with E-state index in [1.165, 1.54) is 24.3 Å². The Morgan fingerprint density at radius 1 is 0.923 bits per heavy atom. The number of nitrogens with one attached hydrogen (secondary N) is 2. The molecular weight excluding hydrogens is 509 g/mol. The summed E-state index contributed by atoms with van der Waals surface area (Å²) in [6.07, 6.45) is -3.20. The number of para-hydroxylation sites is 1. The molecule has 0 fully saturated rings. The summed E-state index contributed by atoms with van der Waals surface area (Å²) in [7, 11) is 1.78. The molecule has 0 bridgehead atoms. The van der Waals surface area contributed by atoms with E-state index in [1.54, 1.807) is 42.2 Å². The molecule has 0 atom stereocenters. The monoisotopic (exact) mass is 532 g/mol. The summed E-state index contributed by atoms with van der Waals surface area (Å²) in [4.78, 5) is 26.3. The van der Waals surface area contributed by atoms with E-state index < -0.39 is 6.36 Å². The number of nitrogens with zero attached hydrogens (tertiary/aromatic N) is 4. The Morgan fingerprint density at radius 3 is 2.23 bits per heavy atom. The molecule has 39 heavy (non-hydrogen) atoms. The Morgan fingerprint density at radius 2 is 1.59 bits per heavy atom. The molecule has 8 nitrogen and oxygen atoms in total. The molecule has 0 aliphatic carbocycles. The number of carbonyl (C=O) groups excluding carboxylic acids is 1. The van der Waals surface area contributed by atoms with Crippen molar-refractivity contribution in [3.05, 3.63) is 89.7 Å². The van der Waals surface area contributed by atoms with Crippen molar-refractivity contribution in [1.29, 1.82) is 0 Å². The molecule has 2 aromatic heterocycles. The Balaban J connectivity index is 1.39. The lowest BCUT2D eigenvalue weighted by Crippen LogP contribution is -2.16. The number of ether oxygens (including phenoxy) is 1. The Labute approximate surface area is 221 Å². The minimum Gasteiger partial charge on any atom is -0.406 e. The van der Waals surface area contributed by atoms with Crippen LogP contribution in [-0.2, 0) is 7.05 Å². The summed E-state index contributed by atoms with van der Waals surface area (Å²) in [6, 6.07) is 18.1. The lowest BCUT2D eigenvalue weighted by Gasteiger charge is -2.12. The van der Waals surface area contributed by atoms with E-state index in [-0.39, 0.29) is 17.6 Å². The van der Waals surface area contributed by atoms with Crippen LogP contribution in [0.3, 0.4) is 0 Å². The molecule has 0 aliphatic heterocycles. The molecule has 11 heteroatoms. The smallest absolute Gasteiger partial charge is 0.406 e. The predicted octanol–water partition coefficient (Wildman–Crippen LogP) is 6.54. The van der Waals surface area contributed by atoms with Crippen LogP contribution in [0.15, 0.2) is 73.1 Å². The molecule has 0 unspecified atom stereocenters. The lowest BCUT2D eigenvalue weighted by atomic mass is 10.1. The van der Waals surface area contributed by atoms with Crippen molar-refractivity contribution in [2.75, 3.05) is 10.6 Å². The summed E-state index contributed by atoms with van der Waals surface area (Å²) in [5.41, 5.74) is 5.85. The number of rotatable bonds is 6. The highest BCUT2D eigenvalue weighted by Crippen LogP contribution is 2.30. The van der Waals surface area contributed by atoms with Gasteiger partial charge in [-0.05, 0) is 73.5 Å². The quantitative estimate of drug-likeness (QED) is 0.258. The van der Waals surface area contributed by atoms with Crippen molar-refractivity contribution in [2.24, 2.45) is 7.05 Å². The van der Waals surface area contributed by atoms with Gasteiger partial charge < -0.3 is 19.9 Å². The van der Waals surface area contributed by atoms with Crippen molar-refractivity contribution in [1.82, 2.24) is 19.5 Å². The number of anilines is 3. The van der Waals surface area contributed by atoms with Gasteiger partial charge in [0.05, 0.1) is 6.33 Å². The van der Waals surface area contributed by atoms with Crippen LogP contribution in [-0.4, -0.2) is 31.8 Å². The fourth-order valence-corrected chi connectivity index (χ4v) is 4.11. The molecule has 2 heterocycles. The molecule has 3 aromatic carbocycles. The third kappa shape index (κ3) is 5.66. The molecule has 2 N–H and O–H groups in total. The van der Waals surface area contributed by atoms with Crippen molar-refractivity contribution in [2.45, 2.75) is 20.2 Å². The first-order valence-electron chi connectivity index (χ1n) is 11.9. The maximum Gasteiger partial charge on any atom is 0.573 e. The van der Waals surface area contributed by atoms with E-state index >= 15 is 0 Å². The van der Waals surface area contributed by atoms with Gasteiger partial charge in [0.25, 0.3) is 5.91 Å². The second kappa shape index (κ2) is 10.1. The fourth-order valence-electron chi connectivity index (χ4n) is 4.11. The third-order valence-corrected chi connectivity index (χ3v) is 6.04. The zero-order valence-corrected chi connectivity index (χ0v) is 21.2. The Kier molecular flexibility index (Phi) is 6.65. The van der Waals surface area contributed by atoms with Crippen molar-refractivity contribution in [3.63, 3.8) is 0 Å². The van der Waals surface area contributed by atoms with Crippen LogP contribution >= 0.6 is 0 Å². The number of halogens is 3. The van der Waals surface area contributed by atoms with Gasteiger partial charge in [0.1, 0.15) is 17.0 Å². The third-order valence-electron chi connectivity index (χ3n) is 6.04. The average molecular weight is 533 g/mol. The van der Waals surface area contributed by atoms with E-state index in [4.69, 9.17) is 0 Å².